The lowest BCUT2D eigenvalue weighted by Crippen LogP contribution is -2.67. The lowest BCUT2D eigenvalue weighted by atomic mass is 9.89. The maximum absolute atomic E-state index is 12.2. The Kier molecular flexibility index (Phi) is 2.76. The van der Waals surface area contributed by atoms with Gasteiger partial charge in [0.2, 0.25) is 0 Å². The van der Waals surface area contributed by atoms with Gasteiger partial charge in [-0.1, -0.05) is 0 Å². The molecule has 114 valence electrons. The number of rotatable bonds is 2. The number of fused-ring (bicyclic) bond motifs is 1. The van der Waals surface area contributed by atoms with E-state index < -0.39 is 5.60 Å². The second-order valence-electron chi connectivity index (χ2n) is 6.68. The van der Waals surface area contributed by atoms with Crippen molar-refractivity contribution in [3.63, 3.8) is 0 Å². The lowest BCUT2D eigenvalue weighted by molar-refractivity contribution is -0.0922. The molecule has 0 aromatic carbocycles. The van der Waals surface area contributed by atoms with E-state index in [4.69, 9.17) is 0 Å². The van der Waals surface area contributed by atoms with Crippen molar-refractivity contribution in [1.82, 2.24) is 25.0 Å². The first-order chi connectivity index (χ1) is 10.0. The molecule has 1 saturated heterocycles. The third kappa shape index (κ3) is 2.29. The Labute approximate surface area is 123 Å². The third-order valence-electron chi connectivity index (χ3n) is 4.85. The van der Waals surface area contributed by atoms with Gasteiger partial charge >= 0.3 is 6.03 Å². The van der Waals surface area contributed by atoms with Gasteiger partial charge in [-0.2, -0.15) is 5.10 Å². The van der Waals surface area contributed by atoms with Gasteiger partial charge in [-0.3, -0.25) is 0 Å². The van der Waals surface area contributed by atoms with E-state index in [0.29, 0.717) is 25.6 Å². The zero-order valence-electron chi connectivity index (χ0n) is 12.2. The Hall–Kier alpha value is -1.63. The van der Waals surface area contributed by atoms with Crippen molar-refractivity contribution < 1.29 is 9.90 Å². The van der Waals surface area contributed by atoms with Gasteiger partial charge in [0.25, 0.3) is 0 Å². The van der Waals surface area contributed by atoms with Crippen LogP contribution in [0.25, 0.3) is 0 Å². The fourth-order valence-corrected chi connectivity index (χ4v) is 3.45. The first kappa shape index (κ1) is 13.1. The summed E-state index contributed by atoms with van der Waals surface area (Å²) in [6.07, 6.45) is 3.94. The van der Waals surface area contributed by atoms with Gasteiger partial charge in [0, 0.05) is 6.42 Å². The monoisotopic (exact) mass is 291 g/mol. The molecule has 1 aromatic rings. The SMILES string of the molecule is Cc1nc2n(n1)CC(NC(=O)N1CC(O)(C3CC3)C1)CC2. The first-order valence-electron chi connectivity index (χ1n) is 7.72. The normalized spacial score (nSPS) is 27.0. The fraction of sp³-hybridized carbons (Fsp3) is 0.786. The quantitative estimate of drug-likeness (QED) is 0.807. The molecule has 1 atom stereocenters. The zero-order valence-corrected chi connectivity index (χ0v) is 12.2. The molecule has 21 heavy (non-hydrogen) atoms. The number of aryl methyl sites for hydroxylation is 2. The summed E-state index contributed by atoms with van der Waals surface area (Å²) >= 11 is 0. The number of nitrogens with zero attached hydrogens (tertiary/aromatic N) is 4. The summed E-state index contributed by atoms with van der Waals surface area (Å²) in [4.78, 5) is 18.3. The van der Waals surface area contributed by atoms with Gasteiger partial charge < -0.3 is 15.3 Å². The van der Waals surface area contributed by atoms with Crippen LogP contribution in [0.4, 0.5) is 4.79 Å². The van der Waals surface area contributed by atoms with Gasteiger partial charge in [0.15, 0.2) is 0 Å². The number of carbonyl (C=O) groups excluding carboxylic acids is 1. The highest BCUT2D eigenvalue weighted by Gasteiger charge is 2.53. The minimum atomic E-state index is -0.611. The van der Waals surface area contributed by atoms with E-state index in [2.05, 4.69) is 15.4 Å². The van der Waals surface area contributed by atoms with Crippen molar-refractivity contribution >= 4 is 6.03 Å². The first-order valence-corrected chi connectivity index (χ1v) is 7.72. The Bertz CT molecular complexity index is 574. The molecule has 2 N–H and O–H groups in total. The van der Waals surface area contributed by atoms with Crippen LogP contribution in [-0.2, 0) is 13.0 Å². The largest absolute Gasteiger partial charge is 0.386 e. The standard InChI is InChI=1S/C14H21N5O2/c1-9-15-12-5-4-11(6-19(12)17-9)16-13(20)18-7-14(21,8-18)10-2-3-10/h10-11,21H,2-8H2,1H3,(H,16,20). The molecular weight excluding hydrogens is 270 g/mol. The molecule has 2 aliphatic heterocycles. The van der Waals surface area contributed by atoms with Crippen LogP contribution in [0.1, 0.15) is 30.9 Å². The van der Waals surface area contributed by atoms with Gasteiger partial charge in [-0.05, 0) is 32.1 Å². The minimum absolute atomic E-state index is 0.0642. The lowest BCUT2D eigenvalue weighted by Gasteiger charge is -2.47. The number of hydrogen-bond donors (Lipinski definition) is 2. The Morgan fingerprint density at radius 3 is 2.86 bits per heavy atom. The second-order valence-corrected chi connectivity index (χ2v) is 6.68. The van der Waals surface area contributed by atoms with Crippen molar-refractivity contribution in [2.45, 2.75) is 50.8 Å². The van der Waals surface area contributed by atoms with E-state index >= 15 is 0 Å². The Morgan fingerprint density at radius 2 is 2.14 bits per heavy atom. The van der Waals surface area contributed by atoms with Crippen LogP contribution < -0.4 is 5.32 Å². The molecule has 0 spiro atoms. The number of amides is 2. The van der Waals surface area contributed by atoms with E-state index in [0.717, 1.165) is 37.3 Å². The average Bonchev–Trinajstić information content (AvgIpc) is 3.17. The van der Waals surface area contributed by atoms with Crippen molar-refractivity contribution in [2.24, 2.45) is 5.92 Å². The number of carbonyl (C=O) groups is 1. The topological polar surface area (TPSA) is 83.3 Å². The number of aliphatic hydroxyl groups is 1. The van der Waals surface area contributed by atoms with E-state index in [1.54, 1.807) is 4.90 Å². The number of hydrogen-bond acceptors (Lipinski definition) is 4. The molecule has 1 aromatic heterocycles. The summed E-state index contributed by atoms with van der Waals surface area (Å²) in [7, 11) is 0. The van der Waals surface area contributed by atoms with E-state index in [9.17, 15) is 9.90 Å². The van der Waals surface area contributed by atoms with Crippen LogP contribution in [0.5, 0.6) is 0 Å². The van der Waals surface area contributed by atoms with Crippen molar-refractivity contribution in [3.05, 3.63) is 11.6 Å². The number of nitrogens with one attached hydrogen (secondary N) is 1. The average molecular weight is 291 g/mol. The van der Waals surface area contributed by atoms with Crippen molar-refractivity contribution in [1.29, 1.82) is 0 Å². The predicted octanol–water partition coefficient (Wildman–Crippen LogP) is 0.0676. The number of urea groups is 1. The van der Waals surface area contributed by atoms with Crippen LogP contribution in [0.3, 0.4) is 0 Å². The summed E-state index contributed by atoms with van der Waals surface area (Å²) < 4.78 is 1.89. The van der Waals surface area contributed by atoms with Crippen LogP contribution in [0, 0.1) is 12.8 Å². The summed E-state index contributed by atoms with van der Waals surface area (Å²) in [6.45, 7) is 3.52. The molecule has 2 amide bonds. The van der Waals surface area contributed by atoms with Gasteiger partial charge in [0.1, 0.15) is 17.2 Å². The van der Waals surface area contributed by atoms with Crippen LogP contribution in [0.2, 0.25) is 0 Å². The summed E-state index contributed by atoms with van der Waals surface area (Å²) in [5, 5.41) is 17.7. The third-order valence-corrected chi connectivity index (χ3v) is 4.85. The Balaban J connectivity index is 1.32. The molecule has 1 unspecified atom stereocenters. The van der Waals surface area contributed by atoms with Gasteiger partial charge in [-0.15, -0.1) is 0 Å². The molecule has 7 nitrogen and oxygen atoms in total. The van der Waals surface area contributed by atoms with Crippen LogP contribution >= 0.6 is 0 Å². The number of likely N-dealkylation sites (tertiary alicyclic amines) is 1. The molecule has 7 heteroatoms. The summed E-state index contributed by atoms with van der Waals surface area (Å²) in [5.74, 6) is 2.20. The molecule has 3 heterocycles. The molecule has 2 fully saturated rings. The molecular formula is C14H21N5O2. The van der Waals surface area contributed by atoms with E-state index in [1.807, 2.05) is 11.6 Å². The minimum Gasteiger partial charge on any atom is -0.386 e. The van der Waals surface area contributed by atoms with Gasteiger partial charge in [-0.25, -0.2) is 14.5 Å². The second kappa shape index (κ2) is 4.43. The molecule has 0 bridgehead atoms. The van der Waals surface area contributed by atoms with Crippen LogP contribution in [0.15, 0.2) is 0 Å². The van der Waals surface area contributed by atoms with E-state index in [-0.39, 0.29) is 12.1 Å². The van der Waals surface area contributed by atoms with Crippen molar-refractivity contribution in [2.75, 3.05) is 13.1 Å². The number of aromatic nitrogens is 3. The highest BCUT2D eigenvalue weighted by Crippen LogP contribution is 2.44. The molecule has 3 aliphatic rings. The van der Waals surface area contributed by atoms with E-state index in [1.165, 1.54) is 0 Å². The molecule has 1 aliphatic carbocycles. The Morgan fingerprint density at radius 1 is 1.38 bits per heavy atom. The highest BCUT2D eigenvalue weighted by atomic mass is 16.3. The van der Waals surface area contributed by atoms with Gasteiger partial charge in [0.05, 0.1) is 25.7 Å². The predicted molar refractivity (Wildman–Crippen MR) is 74.6 cm³/mol. The van der Waals surface area contributed by atoms with Crippen LogP contribution in [-0.4, -0.2) is 55.5 Å². The zero-order chi connectivity index (χ0) is 14.6. The highest BCUT2D eigenvalue weighted by molar-refractivity contribution is 5.76. The maximum atomic E-state index is 12.2. The fourth-order valence-electron chi connectivity index (χ4n) is 3.45. The number of β-amino-alcohol motifs (C(OH)–C–C–N with tert-alkyl or cyclic N) is 1. The summed E-state index contributed by atoms with van der Waals surface area (Å²) in [6, 6.07) is 0.0336. The summed E-state index contributed by atoms with van der Waals surface area (Å²) in [5.41, 5.74) is -0.611. The smallest absolute Gasteiger partial charge is 0.317 e. The molecule has 4 rings (SSSR count). The maximum Gasteiger partial charge on any atom is 0.317 e. The molecule has 1 saturated carbocycles. The van der Waals surface area contributed by atoms with Crippen molar-refractivity contribution in [3.8, 4) is 0 Å². The molecule has 0 radical (unpaired) electrons.